The first-order valence-electron chi connectivity index (χ1n) is 5.65. The summed E-state index contributed by atoms with van der Waals surface area (Å²) in [6.07, 6.45) is 5.08. The molecule has 1 unspecified atom stereocenters. The fourth-order valence-corrected chi connectivity index (χ4v) is 2.06. The van der Waals surface area contributed by atoms with Crippen molar-refractivity contribution in [2.24, 2.45) is 0 Å². The number of hydrogen-bond donors (Lipinski definition) is 1. The summed E-state index contributed by atoms with van der Waals surface area (Å²) in [6, 6.07) is 6.54. The van der Waals surface area contributed by atoms with Crippen LogP contribution in [-0.2, 0) is 11.3 Å². The second-order valence-electron chi connectivity index (χ2n) is 4.12. The first-order valence-corrected chi connectivity index (χ1v) is 5.65. The van der Waals surface area contributed by atoms with E-state index in [2.05, 4.69) is 14.7 Å². The monoisotopic (exact) mass is 217 g/mol. The molecule has 3 rings (SSSR count). The first kappa shape index (κ1) is 9.81. The van der Waals surface area contributed by atoms with Gasteiger partial charge in [0.1, 0.15) is 5.65 Å². The van der Waals surface area contributed by atoms with Gasteiger partial charge < -0.3 is 14.5 Å². The van der Waals surface area contributed by atoms with Crippen LogP contribution in [0, 0.1) is 0 Å². The smallest absolute Gasteiger partial charge is 0.136 e. The number of hydrogen-bond acceptors (Lipinski definition) is 3. The predicted molar refractivity (Wildman–Crippen MR) is 61.3 cm³/mol. The van der Waals surface area contributed by atoms with Crippen LogP contribution in [0.15, 0.2) is 30.6 Å². The van der Waals surface area contributed by atoms with E-state index in [1.165, 1.54) is 5.69 Å². The molecule has 0 aliphatic carbocycles. The topological polar surface area (TPSA) is 38.6 Å². The maximum Gasteiger partial charge on any atom is 0.136 e. The molecule has 2 aromatic heterocycles. The largest absolute Gasteiger partial charge is 0.380 e. The molecule has 0 radical (unpaired) electrons. The van der Waals surface area contributed by atoms with Crippen LogP contribution in [0.3, 0.4) is 0 Å². The van der Waals surface area contributed by atoms with Crippen molar-refractivity contribution in [3.05, 3.63) is 36.3 Å². The average Bonchev–Trinajstić information content (AvgIpc) is 2.96. The molecule has 1 N–H and O–H groups in total. The number of pyridine rings is 1. The van der Waals surface area contributed by atoms with Gasteiger partial charge in [-0.05, 0) is 18.6 Å². The normalized spacial score (nSPS) is 20.6. The summed E-state index contributed by atoms with van der Waals surface area (Å²) in [5, 5.41) is 3.49. The number of aromatic nitrogens is 2. The lowest BCUT2D eigenvalue weighted by molar-refractivity contribution is 0.189. The van der Waals surface area contributed by atoms with Crippen LogP contribution < -0.4 is 5.32 Å². The maximum absolute atomic E-state index is 5.33. The number of imidazole rings is 1. The summed E-state index contributed by atoms with van der Waals surface area (Å²) in [7, 11) is 0. The molecule has 0 spiro atoms. The van der Waals surface area contributed by atoms with Gasteiger partial charge in [-0.3, -0.25) is 0 Å². The highest BCUT2D eigenvalue weighted by Gasteiger charge is 2.15. The van der Waals surface area contributed by atoms with E-state index in [0.29, 0.717) is 6.04 Å². The highest BCUT2D eigenvalue weighted by Crippen LogP contribution is 2.08. The molecule has 4 heteroatoms. The maximum atomic E-state index is 5.33. The Kier molecular flexibility index (Phi) is 2.60. The zero-order valence-corrected chi connectivity index (χ0v) is 9.10. The van der Waals surface area contributed by atoms with Gasteiger partial charge >= 0.3 is 0 Å². The van der Waals surface area contributed by atoms with Crippen molar-refractivity contribution in [1.29, 1.82) is 0 Å². The Morgan fingerprint density at radius 3 is 3.38 bits per heavy atom. The van der Waals surface area contributed by atoms with Crippen LogP contribution >= 0.6 is 0 Å². The van der Waals surface area contributed by atoms with Gasteiger partial charge in [0.05, 0.1) is 18.5 Å². The van der Waals surface area contributed by atoms with E-state index in [1.54, 1.807) is 0 Å². The van der Waals surface area contributed by atoms with Gasteiger partial charge in [-0.2, -0.15) is 0 Å². The zero-order valence-electron chi connectivity index (χ0n) is 9.10. The van der Waals surface area contributed by atoms with Gasteiger partial charge in [-0.1, -0.05) is 6.07 Å². The van der Waals surface area contributed by atoms with E-state index in [4.69, 9.17) is 4.74 Å². The Morgan fingerprint density at radius 2 is 2.50 bits per heavy atom. The summed E-state index contributed by atoms with van der Waals surface area (Å²) >= 11 is 0. The molecule has 2 aromatic rings. The van der Waals surface area contributed by atoms with Gasteiger partial charge in [-0.15, -0.1) is 0 Å². The van der Waals surface area contributed by atoms with E-state index in [1.807, 2.05) is 30.6 Å². The van der Waals surface area contributed by atoms with E-state index >= 15 is 0 Å². The van der Waals surface area contributed by atoms with Crippen LogP contribution in [0.2, 0.25) is 0 Å². The number of nitrogens with one attached hydrogen (secondary N) is 1. The Bertz CT molecular complexity index is 474. The van der Waals surface area contributed by atoms with Crippen molar-refractivity contribution in [3.63, 3.8) is 0 Å². The van der Waals surface area contributed by atoms with Gasteiger partial charge in [0.15, 0.2) is 0 Å². The third-order valence-electron chi connectivity index (χ3n) is 3.00. The summed E-state index contributed by atoms with van der Waals surface area (Å²) in [5.74, 6) is 0. The fourth-order valence-electron chi connectivity index (χ4n) is 2.06. The lowest BCUT2D eigenvalue weighted by Gasteiger charge is -2.09. The molecule has 16 heavy (non-hydrogen) atoms. The molecular weight excluding hydrogens is 202 g/mol. The molecule has 1 atom stereocenters. The standard InChI is InChI=1S/C12H15N3O/c1-2-5-15-11(8-14-12(15)3-1)7-13-10-4-6-16-9-10/h1-3,5,8,10,13H,4,6-7,9H2. The van der Waals surface area contributed by atoms with Crippen LogP contribution in [0.1, 0.15) is 12.1 Å². The van der Waals surface area contributed by atoms with Crippen molar-refractivity contribution in [1.82, 2.24) is 14.7 Å². The fraction of sp³-hybridized carbons (Fsp3) is 0.417. The minimum absolute atomic E-state index is 0.495. The third-order valence-corrected chi connectivity index (χ3v) is 3.00. The SMILES string of the molecule is c1ccn2c(CNC3CCOC3)cnc2c1. The quantitative estimate of drug-likeness (QED) is 0.840. The van der Waals surface area contributed by atoms with E-state index in [-0.39, 0.29) is 0 Å². The van der Waals surface area contributed by atoms with Crippen molar-refractivity contribution >= 4 is 5.65 Å². The molecule has 1 aliphatic rings. The zero-order chi connectivity index (χ0) is 10.8. The number of ether oxygens (including phenoxy) is 1. The highest BCUT2D eigenvalue weighted by atomic mass is 16.5. The lowest BCUT2D eigenvalue weighted by Crippen LogP contribution is -2.28. The van der Waals surface area contributed by atoms with Crippen molar-refractivity contribution < 1.29 is 4.74 Å². The average molecular weight is 217 g/mol. The van der Waals surface area contributed by atoms with Crippen molar-refractivity contribution in [2.75, 3.05) is 13.2 Å². The Balaban J connectivity index is 1.73. The second kappa shape index (κ2) is 4.23. The molecule has 1 fully saturated rings. The predicted octanol–water partition coefficient (Wildman–Crippen LogP) is 1.21. The second-order valence-corrected chi connectivity index (χ2v) is 4.12. The third kappa shape index (κ3) is 1.81. The molecule has 0 saturated carbocycles. The van der Waals surface area contributed by atoms with Gasteiger partial charge in [0, 0.05) is 25.4 Å². The molecule has 4 nitrogen and oxygen atoms in total. The molecular formula is C12H15N3O. The number of nitrogens with zero attached hydrogens (tertiary/aromatic N) is 2. The summed E-state index contributed by atoms with van der Waals surface area (Å²) < 4.78 is 7.44. The van der Waals surface area contributed by atoms with Gasteiger partial charge in [0.25, 0.3) is 0 Å². The molecule has 84 valence electrons. The summed E-state index contributed by atoms with van der Waals surface area (Å²) in [5.41, 5.74) is 2.20. The van der Waals surface area contributed by atoms with Crippen LogP contribution in [0.25, 0.3) is 5.65 Å². The molecule has 1 saturated heterocycles. The number of fused-ring (bicyclic) bond motifs is 1. The summed E-state index contributed by atoms with van der Waals surface area (Å²) in [6.45, 7) is 2.56. The molecule has 3 heterocycles. The van der Waals surface area contributed by atoms with Crippen molar-refractivity contribution in [2.45, 2.75) is 19.0 Å². The van der Waals surface area contributed by atoms with E-state index in [9.17, 15) is 0 Å². The minimum atomic E-state index is 0.495. The highest BCUT2D eigenvalue weighted by molar-refractivity contribution is 5.39. The first-order chi connectivity index (χ1) is 7.93. The van der Waals surface area contributed by atoms with Crippen molar-refractivity contribution in [3.8, 4) is 0 Å². The van der Waals surface area contributed by atoms with E-state index in [0.717, 1.165) is 31.8 Å². The van der Waals surface area contributed by atoms with Gasteiger partial charge in [-0.25, -0.2) is 4.98 Å². The lowest BCUT2D eigenvalue weighted by atomic mass is 10.2. The van der Waals surface area contributed by atoms with Crippen LogP contribution in [0.5, 0.6) is 0 Å². The summed E-state index contributed by atoms with van der Waals surface area (Å²) in [4.78, 5) is 4.36. The van der Waals surface area contributed by atoms with E-state index < -0.39 is 0 Å². The Morgan fingerprint density at radius 1 is 1.50 bits per heavy atom. The Labute approximate surface area is 94.3 Å². The molecule has 0 amide bonds. The van der Waals surface area contributed by atoms with Gasteiger partial charge in [0.2, 0.25) is 0 Å². The van der Waals surface area contributed by atoms with Crippen LogP contribution in [0.4, 0.5) is 0 Å². The van der Waals surface area contributed by atoms with Crippen LogP contribution in [-0.4, -0.2) is 28.6 Å². The molecule has 1 aliphatic heterocycles. The molecule has 0 bridgehead atoms. The Hall–Kier alpha value is -1.39. The molecule has 0 aromatic carbocycles. The minimum Gasteiger partial charge on any atom is -0.380 e. The number of rotatable bonds is 3.